The van der Waals surface area contributed by atoms with E-state index in [1.54, 1.807) is 4.90 Å². The molecule has 0 aromatic heterocycles. The van der Waals surface area contributed by atoms with Crippen molar-refractivity contribution in [2.75, 3.05) is 36.6 Å². The molecule has 3 rings (SSSR count). The maximum Gasteiger partial charge on any atom is 0.337 e. The Hall–Kier alpha value is -2.81. The minimum absolute atomic E-state index is 0.0620. The van der Waals surface area contributed by atoms with Crippen molar-refractivity contribution >= 4 is 28.5 Å². The molecule has 0 atom stereocenters. The van der Waals surface area contributed by atoms with Gasteiger partial charge in [-0.1, -0.05) is 6.07 Å². The molecule has 1 aliphatic heterocycles. The molecule has 2 aromatic rings. The van der Waals surface area contributed by atoms with Crippen molar-refractivity contribution in [3.8, 4) is 0 Å². The van der Waals surface area contributed by atoms with Crippen molar-refractivity contribution in [2.45, 2.75) is 6.54 Å². The highest BCUT2D eigenvalue weighted by atomic mass is 32.2. The number of hydrogen-bond donors (Lipinski definition) is 0. The summed E-state index contributed by atoms with van der Waals surface area (Å²) < 4.78 is 44.1. The fraction of sp³-hybridized carbons (Fsp3) is 0.300. The summed E-state index contributed by atoms with van der Waals surface area (Å²) >= 11 is 0. The fourth-order valence-electron chi connectivity index (χ4n) is 2.98. The molecule has 6 nitrogen and oxygen atoms in total. The van der Waals surface area contributed by atoms with E-state index in [4.69, 9.17) is 0 Å². The van der Waals surface area contributed by atoms with Crippen LogP contribution in [0.5, 0.6) is 0 Å². The second-order valence-corrected chi connectivity index (χ2v) is 8.17. The standard InChI is InChI=1S/C20H20F2N2O4S/c1-28-19(25)14-2-3-15(18(22)12-14)13-24(17-6-4-16(21)5-7-17)20(26)23-8-10-29(27)11-9-23/h2-7,12H,8-11,13H2,1H3. The largest absolute Gasteiger partial charge is 0.465 e. The van der Waals surface area contributed by atoms with E-state index < -0.39 is 28.4 Å². The van der Waals surface area contributed by atoms with Crippen LogP contribution in [0.15, 0.2) is 42.5 Å². The Morgan fingerprint density at radius 1 is 1.10 bits per heavy atom. The highest BCUT2D eigenvalue weighted by Crippen LogP contribution is 2.22. The van der Waals surface area contributed by atoms with Gasteiger partial charge in [-0.3, -0.25) is 9.11 Å². The molecule has 1 aliphatic rings. The third-order valence-electron chi connectivity index (χ3n) is 4.62. The average Bonchev–Trinajstić information content (AvgIpc) is 2.73. The third kappa shape index (κ3) is 4.97. The Morgan fingerprint density at radius 2 is 1.76 bits per heavy atom. The van der Waals surface area contributed by atoms with Crippen molar-refractivity contribution < 1.29 is 27.3 Å². The summed E-state index contributed by atoms with van der Waals surface area (Å²) in [6.45, 7) is 0.539. The predicted molar refractivity (Wildman–Crippen MR) is 105 cm³/mol. The molecule has 2 amide bonds. The monoisotopic (exact) mass is 422 g/mol. The van der Waals surface area contributed by atoms with E-state index in [0.717, 1.165) is 6.07 Å². The number of carbonyl (C=O) groups is 2. The van der Waals surface area contributed by atoms with Crippen LogP contribution in [0.25, 0.3) is 0 Å². The van der Waals surface area contributed by atoms with Crippen molar-refractivity contribution in [3.63, 3.8) is 0 Å². The summed E-state index contributed by atoms with van der Waals surface area (Å²) in [5.74, 6) is -1.02. The second kappa shape index (κ2) is 9.13. The first-order chi connectivity index (χ1) is 13.9. The first kappa shape index (κ1) is 20.9. The smallest absolute Gasteiger partial charge is 0.337 e. The molecule has 0 spiro atoms. The van der Waals surface area contributed by atoms with Crippen LogP contribution in [0.1, 0.15) is 15.9 Å². The van der Waals surface area contributed by atoms with E-state index in [0.29, 0.717) is 30.3 Å². The van der Waals surface area contributed by atoms with Gasteiger partial charge >= 0.3 is 12.0 Å². The Balaban J connectivity index is 1.89. The lowest BCUT2D eigenvalue weighted by atomic mass is 10.1. The molecule has 1 saturated heterocycles. The van der Waals surface area contributed by atoms with Crippen LogP contribution >= 0.6 is 0 Å². The van der Waals surface area contributed by atoms with E-state index in [1.165, 1.54) is 48.4 Å². The lowest BCUT2D eigenvalue weighted by molar-refractivity contribution is 0.0600. The lowest BCUT2D eigenvalue weighted by Crippen LogP contribution is -2.48. The van der Waals surface area contributed by atoms with Crippen LogP contribution in [0.2, 0.25) is 0 Å². The summed E-state index contributed by atoms with van der Waals surface area (Å²) in [4.78, 5) is 27.5. The molecular formula is C20H20F2N2O4S. The maximum atomic E-state index is 14.6. The Bertz CT molecular complexity index is 927. The molecule has 9 heteroatoms. The normalized spacial score (nSPS) is 14.5. The number of rotatable bonds is 4. The maximum absolute atomic E-state index is 14.6. The zero-order chi connectivity index (χ0) is 21.0. The molecule has 1 fully saturated rings. The Kier molecular flexibility index (Phi) is 6.58. The van der Waals surface area contributed by atoms with Gasteiger partial charge in [-0.2, -0.15) is 0 Å². The number of benzene rings is 2. The summed E-state index contributed by atoms with van der Waals surface area (Å²) in [6, 6.07) is 8.82. The molecule has 0 aliphatic carbocycles. The summed E-state index contributed by atoms with van der Waals surface area (Å²) in [7, 11) is 0.249. The third-order valence-corrected chi connectivity index (χ3v) is 5.90. The fourth-order valence-corrected chi connectivity index (χ4v) is 4.03. The summed E-state index contributed by atoms with van der Waals surface area (Å²) in [5.41, 5.74) is 0.655. The molecule has 2 aromatic carbocycles. The summed E-state index contributed by atoms with van der Waals surface area (Å²) in [5, 5.41) is 0. The number of carbonyl (C=O) groups excluding carboxylic acids is 2. The number of nitrogens with zero attached hydrogens (tertiary/aromatic N) is 2. The van der Waals surface area contributed by atoms with E-state index in [9.17, 15) is 22.6 Å². The summed E-state index contributed by atoms with van der Waals surface area (Å²) in [6.07, 6.45) is 0. The predicted octanol–water partition coefficient (Wildman–Crippen LogP) is 2.94. The second-order valence-electron chi connectivity index (χ2n) is 6.48. The highest BCUT2D eigenvalue weighted by molar-refractivity contribution is 7.85. The van der Waals surface area contributed by atoms with Crippen molar-refractivity contribution in [1.29, 1.82) is 0 Å². The molecule has 0 N–H and O–H groups in total. The number of esters is 1. The molecule has 0 saturated carbocycles. The molecule has 154 valence electrons. The first-order valence-electron chi connectivity index (χ1n) is 8.93. The molecule has 0 radical (unpaired) electrons. The zero-order valence-electron chi connectivity index (χ0n) is 15.8. The van der Waals surface area contributed by atoms with Crippen molar-refractivity contribution in [3.05, 3.63) is 65.2 Å². The number of urea groups is 1. The van der Waals surface area contributed by atoms with Crippen LogP contribution in [-0.2, 0) is 22.1 Å². The van der Waals surface area contributed by atoms with Crippen molar-refractivity contribution in [2.24, 2.45) is 0 Å². The van der Waals surface area contributed by atoms with Gasteiger partial charge in [-0.05, 0) is 36.4 Å². The number of methoxy groups -OCH3 is 1. The van der Waals surface area contributed by atoms with Crippen LogP contribution in [0.4, 0.5) is 19.3 Å². The number of amides is 2. The zero-order valence-corrected chi connectivity index (χ0v) is 16.6. The van der Waals surface area contributed by atoms with E-state index in [1.807, 2.05) is 0 Å². The van der Waals surface area contributed by atoms with E-state index in [2.05, 4.69) is 4.74 Å². The Morgan fingerprint density at radius 3 is 2.34 bits per heavy atom. The van der Waals surface area contributed by atoms with Gasteiger partial charge < -0.3 is 9.64 Å². The van der Waals surface area contributed by atoms with Crippen LogP contribution in [-0.4, -0.2) is 52.8 Å². The van der Waals surface area contributed by atoms with Gasteiger partial charge in [-0.25, -0.2) is 18.4 Å². The minimum atomic E-state index is -0.954. The molecular weight excluding hydrogens is 402 g/mol. The molecule has 0 unspecified atom stereocenters. The molecule has 29 heavy (non-hydrogen) atoms. The van der Waals surface area contributed by atoms with Gasteiger partial charge in [0.05, 0.1) is 19.2 Å². The molecule has 0 bridgehead atoms. The van der Waals surface area contributed by atoms with Crippen LogP contribution in [0.3, 0.4) is 0 Å². The van der Waals surface area contributed by atoms with Gasteiger partial charge in [-0.15, -0.1) is 0 Å². The van der Waals surface area contributed by atoms with Gasteiger partial charge in [0, 0.05) is 46.6 Å². The van der Waals surface area contributed by atoms with Crippen LogP contribution < -0.4 is 4.90 Å². The topological polar surface area (TPSA) is 66.9 Å². The SMILES string of the molecule is COC(=O)c1ccc(CN(C(=O)N2CCS(=O)CC2)c2ccc(F)cc2)c(F)c1. The first-order valence-corrected chi connectivity index (χ1v) is 10.4. The Labute approximate surface area is 169 Å². The van der Waals surface area contributed by atoms with Crippen LogP contribution in [0, 0.1) is 11.6 Å². The van der Waals surface area contributed by atoms with Gasteiger partial charge in [0.2, 0.25) is 0 Å². The van der Waals surface area contributed by atoms with E-state index >= 15 is 0 Å². The van der Waals surface area contributed by atoms with Gasteiger partial charge in [0.1, 0.15) is 11.6 Å². The number of ether oxygens (including phenoxy) is 1. The average molecular weight is 422 g/mol. The lowest BCUT2D eigenvalue weighted by Gasteiger charge is -2.33. The van der Waals surface area contributed by atoms with E-state index in [-0.39, 0.29) is 23.7 Å². The minimum Gasteiger partial charge on any atom is -0.465 e. The number of anilines is 1. The molecule has 1 heterocycles. The quantitative estimate of drug-likeness (QED) is 0.711. The number of halogens is 2. The number of hydrogen-bond acceptors (Lipinski definition) is 4. The highest BCUT2D eigenvalue weighted by Gasteiger charge is 2.27. The van der Waals surface area contributed by atoms with Gasteiger partial charge in [0.15, 0.2) is 0 Å². The van der Waals surface area contributed by atoms with Crippen molar-refractivity contribution in [1.82, 2.24) is 4.90 Å². The van der Waals surface area contributed by atoms with Gasteiger partial charge in [0.25, 0.3) is 0 Å².